The Bertz CT molecular complexity index is 570. The molecule has 0 fully saturated rings. The van der Waals surface area contributed by atoms with Gasteiger partial charge in [0.05, 0.1) is 0 Å². The molecule has 0 atom stereocenters. The van der Waals surface area contributed by atoms with Crippen molar-refractivity contribution in [1.82, 2.24) is 5.32 Å². The van der Waals surface area contributed by atoms with Gasteiger partial charge < -0.3 is 29.3 Å². The summed E-state index contributed by atoms with van der Waals surface area (Å²) in [6.45, 7) is 0.651. The number of hydrogen-bond acceptors (Lipinski definition) is 1. The Morgan fingerprint density at radius 3 is 2.60 bits per heavy atom. The molecule has 0 radical (unpaired) electrons. The summed E-state index contributed by atoms with van der Waals surface area (Å²) < 4.78 is 3.09. The molecule has 0 aliphatic carbocycles. The van der Waals surface area contributed by atoms with Crippen LogP contribution in [0.15, 0.2) is 48.8 Å². The summed E-state index contributed by atoms with van der Waals surface area (Å²) in [6, 6.07) is 12.0. The van der Waals surface area contributed by atoms with E-state index >= 15 is 0 Å². The molecule has 0 saturated carbocycles. The summed E-state index contributed by atoms with van der Waals surface area (Å²) in [7, 11) is 1.91. The highest BCUT2D eigenvalue weighted by atomic mass is 127. The van der Waals surface area contributed by atoms with Crippen molar-refractivity contribution in [2.75, 3.05) is 6.54 Å². The normalized spacial score (nSPS) is 9.70. The van der Waals surface area contributed by atoms with E-state index in [4.69, 9.17) is 0 Å². The number of carbonyl (C=O) groups is 1. The van der Waals surface area contributed by atoms with Crippen LogP contribution in [0.4, 0.5) is 0 Å². The predicted molar refractivity (Wildman–Crippen MR) is 82.8 cm³/mol. The van der Waals surface area contributed by atoms with E-state index in [1.54, 1.807) is 0 Å². The summed E-state index contributed by atoms with van der Waals surface area (Å²) in [5, 5.41) is 2.94. The molecule has 0 bridgehead atoms. The van der Waals surface area contributed by atoms with Crippen molar-refractivity contribution in [1.29, 1.82) is 0 Å². The zero-order valence-electron chi connectivity index (χ0n) is 11.1. The lowest BCUT2D eigenvalue weighted by Gasteiger charge is -2.04. The first-order chi connectivity index (χ1) is 9.15. The van der Waals surface area contributed by atoms with Crippen LogP contribution >= 0.6 is 22.6 Å². The molecule has 1 aromatic carbocycles. The average Bonchev–Trinajstić information content (AvgIpc) is 2.41. The van der Waals surface area contributed by atoms with Crippen molar-refractivity contribution in [3.63, 3.8) is 0 Å². The zero-order chi connectivity index (χ0) is 13.7. The molecule has 0 saturated heterocycles. The third kappa shape index (κ3) is 5.35. The first kappa shape index (κ1) is 17.4. The lowest BCUT2D eigenvalue weighted by atomic mass is 10.1. The van der Waals surface area contributed by atoms with E-state index < -0.39 is 0 Å². The van der Waals surface area contributed by atoms with Gasteiger partial charge in [-0.15, -0.1) is 0 Å². The standard InChI is InChI=1S/C15H15IN2O.HI/c1-18-10-2-3-13(11-18)15(19)17-9-8-12-4-6-14(16)7-5-12;/h2-7,10-11H,8-9H2,1H3;1H. The summed E-state index contributed by atoms with van der Waals surface area (Å²) in [5.74, 6) is -0.0262. The second kappa shape index (κ2) is 8.56. The summed E-state index contributed by atoms with van der Waals surface area (Å²) in [5.41, 5.74) is 1.92. The van der Waals surface area contributed by atoms with E-state index in [-0.39, 0.29) is 29.9 Å². The number of aryl methyl sites for hydroxylation is 1. The number of benzene rings is 1. The van der Waals surface area contributed by atoms with Gasteiger partial charge in [0.2, 0.25) is 0 Å². The minimum atomic E-state index is -0.0262. The molecule has 1 amide bonds. The van der Waals surface area contributed by atoms with Gasteiger partial charge in [0.15, 0.2) is 12.4 Å². The van der Waals surface area contributed by atoms with Gasteiger partial charge in [-0.2, -0.15) is 0 Å². The van der Waals surface area contributed by atoms with Crippen molar-refractivity contribution in [2.24, 2.45) is 7.05 Å². The second-order valence-corrected chi connectivity index (χ2v) is 5.64. The van der Waals surface area contributed by atoms with E-state index in [1.165, 1.54) is 9.13 Å². The van der Waals surface area contributed by atoms with Crippen LogP contribution < -0.4 is 33.9 Å². The van der Waals surface area contributed by atoms with Crippen LogP contribution in [0, 0.1) is 3.57 Å². The minimum Gasteiger partial charge on any atom is -1.00 e. The van der Waals surface area contributed by atoms with Crippen molar-refractivity contribution < 1.29 is 33.3 Å². The van der Waals surface area contributed by atoms with Gasteiger partial charge in [0.1, 0.15) is 12.6 Å². The van der Waals surface area contributed by atoms with Gasteiger partial charge in [-0.05, 0) is 52.8 Å². The number of hydrogen-bond donors (Lipinski definition) is 1. The quantitative estimate of drug-likeness (QED) is 0.434. The lowest BCUT2D eigenvalue weighted by Crippen LogP contribution is -3.00. The lowest BCUT2D eigenvalue weighted by molar-refractivity contribution is -0.671. The Labute approximate surface area is 149 Å². The maximum absolute atomic E-state index is 11.9. The number of pyridine rings is 1. The largest absolute Gasteiger partial charge is 1.00 e. The fourth-order valence-electron chi connectivity index (χ4n) is 1.80. The Morgan fingerprint density at radius 2 is 1.95 bits per heavy atom. The van der Waals surface area contributed by atoms with Crippen molar-refractivity contribution in [2.45, 2.75) is 6.42 Å². The topological polar surface area (TPSA) is 33.0 Å². The fourth-order valence-corrected chi connectivity index (χ4v) is 2.16. The van der Waals surface area contributed by atoms with Crippen molar-refractivity contribution >= 4 is 28.5 Å². The average molecular weight is 494 g/mol. The minimum absolute atomic E-state index is 0. The third-order valence-corrected chi connectivity index (χ3v) is 3.53. The zero-order valence-corrected chi connectivity index (χ0v) is 15.5. The Kier molecular flexibility index (Phi) is 7.42. The number of carbonyl (C=O) groups excluding carboxylic acids is 1. The molecular formula is C15H16I2N2O. The molecule has 20 heavy (non-hydrogen) atoms. The Morgan fingerprint density at radius 1 is 1.25 bits per heavy atom. The molecule has 1 heterocycles. The molecule has 1 aromatic heterocycles. The van der Waals surface area contributed by atoms with Crippen molar-refractivity contribution in [3.8, 4) is 0 Å². The monoisotopic (exact) mass is 494 g/mol. The van der Waals surface area contributed by atoms with Gasteiger partial charge >= 0.3 is 0 Å². The molecule has 3 nitrogen and oxygen atoms in total. The maximum Gasteiger partial charge on any atom is 0.257 e. The Balaban J connectivity index is 0.00000200. The molecular weight excluding hydrogens is 478 g/mol. The van der Waals surface area contributed by atoms with E-state index in [9.17, 15) is 4.79 Å². The molecule has 0 unspecified atom stereocenters. The van der Waals surface area contributed by atoms with Crippen LogP contribution in [0.2, 0.25) is 0 Å². The van der Waals surface area contributed by atoms with Crippen LogP contribution in [-0.4, -0.2) is 12.5 Å². The highest BCUT2D eigenvalue weighted by Crippen LogP contribution is 2.06. The van der Waals surface area contributed by atoms with Crippen LogP contribution in [0.5, 0.6) is 0 Å². The molecule has 2 aromatic rings. The number of aromatic nitrogens is 1. The Hall–Kier alpha value is -0.700. The van der Waals surface area contributed by atoms with E-state index in [0.717, 1.165) is 6.42 Å². The maximum atomic E-state index is 11.9. The van der Waals surface area contributed by atoms with Gasteiger partial charge in [-0.3, -0.25) is 4.79 Å². The van der Waals surface area contributed by atoms with E-state index in [1.807, 2.05) is 36.1 Å². The number of nitrogens with one attached hydrogen (secondary N) is 1. The molecule has 5 heteroatoms. The van der Waals surface area contributed by atoms with Gasteiger partial charge in [0.25, 0.3) is 5.91 Å². The second-order valence-electron chi connectivity index (χ2n) is 4.39. The molecule has 0 aliphatic heterocycles. The van der Waals surface area contributed by atoms with Crippen LogP contribution in [0.25, 0.3) is 0 Å². The van der Waals surface area contributed by atoms with Crippen molar-refractivity contribution in [3.05, 3.63) is 63.5 Å². The van der Waals surface area contributed by atoms with Crippen LogP contribution in [0.1, 0.15) is 15.9 Å². The third-order valence-electron chi connectivity index (χ3n) is 2.81. The number of rotatable bonds is 4. The molecule has 2 rings (SSSR count). The summed E-state index contributed by atoms with van der Waals surface area (Å²) in [4.78, 5) is 11.9. The number of halogens is 2. The van der Waals surface area contributed by atoms with Crippen LogP contribution in [-0.2, 0) is 13.5 Å². The molecule has 106 valence electrons. The first-order valence-corrected chi connectivity index (χ1v) is 7.21. The highest BCUT2D eigenvalue weighted by molar-refractivity contribution is 14.1. The van der Waals surface area contributed by atoms with E-state index in [0.29, 0.717) is 12.1 Å². The number of amides is 1. The molecule has 1 N–H and O–H groups in total. The van der Waals surface area contributed by atoms with Crippen LogP contribution in [0.3, 0.4) is 0 Å². The van der Waals surface area contributed by atoms with Gasteiger partial charge in [-0.25, -0.2) is 4.57 Å². The first-order valence-electron chi connectivity index (χ1n) is 6.13. The van der Waals surface area contributed by atoms with Gasteiger partial charge in [-0.1, -0.05) is 12.1 Å². The highest BCUT2D eigenvalue weighted by Gasteiger charge is 2.07. The number of nitrogens with zero attached hydrogens (tertiary/aromatic N) is 1. The summed E-state index contributed by atoms with van der Waals surface area (Å²) in [6.07, 6.45) is 4.57. The predicted octanol–water partition coefficient (Wildman–Crippen LogP) is -0.908. The van der Waals surface area contributed by atoms with Gasteiger partial charge in [0, 0.05) is 16.2 Å². The SMILES string of the molecule is C[n+]1cccc(C(=O)NCCc2ccc(I)cc2)c1.[I-]. The molecule has 0 spiro atoms. The fraction of sp³-hybridized carbons (Fsp3) is 0.200. The summed E-state index contributed by atoms with van der Waals surface area (Å²) >= 11 is 2.28. The smallest absolute Gasteiger partial charge is 0.257 e. The van der Waals surface area contributed by atoms with E-state index in [2.05, 4.69) is 52.2 Å². The molecule has 0 aliphatic rings.